The second-order valence-corrected chi connectivity index (χ2v) is 6.12. The smallest absolute Gasteiger partial charge is 0.406 e. The molecule has 0 heterocycles. The normalized spacial score (nSPS) is 19.0. The van der Waals surface area contributed by atoms with Crippen LogP contribution < -0.4 is 15.8 Å². The van der Waals surface area contributed by atoms with Crippen LogP contribution in [0, 0.1) is 11.6 Å². The van der Waals surface area contributed by atoms with Crippen molar-refractivity contribution in [3.05, 3.63) is 65.2 Å². The molecule has 1 fully saturated rings. The summed E-state index contributed by atoms with van der Waals surface area (Å²) in [6.45, 7) is 0.135. The molecule has 3 rings (SSSR count). The average molecular weight is 513 g/mol. The predicted octanol–water partition coefficient (Wildman–Crippen LogP) is 4.44. The molecule has 152 valence electrons. The van der Waals surface area contributed by atoms with Gasteiger partial charge in [-0.05, 0) is 36.2 Å². The molecule has 4 nitrogen and oxygen atoms in total. The van der Waals surface area contributed by atoms with E-state index in [-0.39, 0.29) is 59.8 Å². The molecule has 0 saturated heterocycles. The van der Waals surface area contributed by atoms with E-state index in [1.165, 1.54) is 42.5 Å². The minimum atomic E-state index is -4.74. The van der Waals surface area contributed by atoms with E-state index >= 15 is 0 Å². The second kappa shape index (κ2) is 8.93. The van der Waals surface area contributed by atoms with Crippen LogP contribution in [0.2, 0.25) is 0 Å². The van der Waals surface area contributed by atoms with Gasteiger partial charge in [-0.3, -0.25) is 0 Å². The van der Waals surface area contributed by atoms with Crippen molar-refractivity contribution in [3.8, 4) is 5.75 Å². The van der Waals surface area contributed by atoms with Crippen molar-refractivity contribution < 1.29 is 26.7 Å². The van der Waals surface area contributed by atoms with E-state index in [2.05, 4.69) is 15.0 Å². The first kappa shape index (κ1) is 22.2. The van der Waals surface area contributed by atoms with Gasteiger partial charge in [-0.2, -0.15) is 0 Å². The average Bonchev–Trinajstić information content (AvgIpc) is 3.31. The standard InChI is InChI=1S/C18H16F5N3O.HI/c19-13-2-1-3-14(20)16(13)12-8-15(12)26-17(24)25-9-10-4-6-11(7-5-10)27-18(21,22)23;/h1-7,12,15H,8-9H2,(H3,24,25,26);1H. The highest BCUT2D eigenvalue weighted by Gasteiger charge is 2.42. The molecule has 28 heavy (non-hydrogen) atoms. The third-order valence-electron chi connectivity index (χ3n) is 4.08. The third-order valence-corrected chi connectivity index (χ3v) is 4.08. The van der Waals surface area contributed by atoms with Gasteiger partial charge in [0.1, 0.15) is 17.4 Å². The summed E-state index contributed by atoms with van der Waals surface area (Å²) in [6.07, 6.45) is -4.22. The second-order valence-electron chi connectivity index (χ2n) is 6.12. The number of guanidine groups is 1. The largest absolute Gasteiger partial charge is 0.573 e. The number of ether oxygens (including phenoxy) is 1. The molecule has 1 saturated carbocycles. The first-order chi connectivity index (χ1) is 12.7. The van der Waals surface area contributed by atoms with E-state index in [9.17, 15) is 22.0 Å². The molecule has 0 aliphatic heterocycles. The number of nitrogens with one attached hydrogen (secondary N) is 1. The van der Waals surface area contributed by atoms with Gasteiger partial charge in [-0.1, -0.05) is 18.2 Å². The molecule has 0 bridgehead atoms. The number of aliphatic imine (C=N–C) groups is 1. The summed E-state index contributed by atoms with van der Waals surface area (Å²) < 4.78 is 67.6. The molecule has 2 aromatic rings. The van der Waals surface area contributed by atoms with E-state index in [1.54, 1.807) is 0 Å². The number of hydrogen-bond donors (Lipinski definition) is 2. The number of alkyl halides is 3. The monoisotopic (exact) mass is 513 g/mol. The number of hydrogen-bond acceptors (Lipinski definition) is 2. The van der Waals surface area contributed by atoms with E-state index in [0.29, 0.717) is 12.0 Å². The van der Waals surface area contributed by atoms with Crippen LogP contribution in [0.5, 0.6) is 5.75 Å². The van der Waals surface area contributed by atoms with Crippen molar-refractivity contribution >= 4 is 29.9 Å². The van der Waals surface area contributed by atoms with Crippen molar-refractivity contribution in [2.24, 2.45) is 10.7 Å². The molecule has 0 radical (unpaired) electrons. The minimum absolute atomic E-state index is 0. The lowest BCUT2D eigenvalue weighted by atomic mass is 10.1. The number of rotatable bonds is 5. The van der Waals surface area contributed by atoms with Crippen molar-refractivity contribution in [3.63, 3.8) is 0 Å². The van der Waals surface area contributed by atoms with Crippen molar-refractivity contribution in [1.82, 2.24) is 5.32 Å². The third kappa shape index (κ3) is 5.94. The Kier molecular flexibility index (Phi) is 7.07. The maximum absolute atomic E-state index is 13.7. The van der Waals surface area contributed by atoms with Gasteiger partial charge in [-0.25, -0.2) is 13.8 Å². The predicted molar refractivity (Wildman–Crippen MR) is 105 cm³/mol. The van der Waals surface area contributed by atoms with Gasteiger partial charge < -0.3 is 15.8 Å². The van der Waals surface area contributed by atoms with Gasteiger partial charge in [0.05, 0.1) is 6.54 Å². The lowest BCUT2D eigenvalue weighted by molar-refractivity contribution is -0.274. The zero-order chi connectivity index (χ0) is 19.6. The first-order valence-electron chi connectivity index (χ1n) is 8.08. The maximum atomic E-state index is 13.7. The van der Waals surface area contributed by atoms with Crippen LogP contribution in [0.15, 0.2) is 47.5 Å². The Morgan fingerprint density at radius 1 is 1.11 bits per heavy atom. The van der Waals surface area contributed by atoms with Crippen LogP contribution in [-0.2, 0) is 6.54 Å². The fourth-order valence-corrected chi connectivity index (χ4v) is 2.75. The molecule has 2 aromatic carbocycles. The Morgan fingerprint density at radius 2 is 1.71 bits per heavy atom. The Morgan fingerprint density at radius 3 is 2.29 bits per heavy atom. The fraction of sp³-hybridized carbons (Fsp3) is 0.278. The maximum Gasteiger partial charge on any atom is 0.573 e. The minimum Gasteiger partial charge on any atom is -0.406 e. The van der Waals surface area contributed by atoms with E-state index < -0.39 is 18.0 Å². The lowest BCUT2D eigenvalue weighted by Crippen LogP contribution is -2.34. The highest BCUT2D eigenvalue weighted by Crippen LogP contribution is 2.42. The van der Waals surface area contributed by atoms with E-state index in [1.807, 2.05) is 0 Å². The summed E-state index contributed by atoms with van der Waals surface area (Å²) in [6, 6.07) is 8.73. The van der Waals surface area contributed by atoms with Gasteiger partial charge in [0.25, 0.3) is 0 Å². The summed E-state index contributed by atoms with van der Waals surface area (Å²) in [7, 11) is 0. The molecule has 2 unspecified atom stereocenters. The van der Waals surface area contributed by atoms with Crippen LogP contribution in [0.3, 0.4) is 0 Å². The summed E-state index contributed by atoms with van der Waals surface area (Å²) in [5.74, 6) is -1.75. The molecular weight excluding hydrogens is 496 g/mol. The van der Waals surface area contributed by atoms with Crippen LogP contribution in [-0.4, -0.2) is 18.4 Å². The summed E-state index contributed by atoms with van der Waals surface area (Å²) >= 11 is 0. The lowest BCUT2D eigenvalue weighted by Gasteiger charge is -2.09. The number of halogens is 6. The number of nitrogens with zero attached hydrogens (tertiary/aromatic N) is 1. The molecule has 1 aliphatic carbocycles. The fourth-order valence-electron chi connectivity index (χ4n) is 2.75. The first-order valence-corrected chi connectivity index (χ1v) is 8.08. The number of benzene rings is 2. The van der Waals surface area contributed by atoms with Crippen LogP contribution in [0.4, 0.5) is 22.0 Å². The molecule has 0 aromatic heterocycles. The van der Waals surface area contributed by atoms with Crippen molar-refractivity contribution in [2.75, 3.05) is 0 Å². The van der Waals surface area contributed by atoms with Crippen molar-refractivity contribution in [2.45, 2.75) is 31.3 Å². The molecule has 1 aliphatic rings. The van der Waals surface area contributed by atoms with Crippen LogP contribution in [0.1, 0.15) is 23.5 Å². The number of nitrogens with two attached hydrogens (primary N) is 1. The SMILES string of the molecule is I.NC(=NCc1ccc(OC(F)(F)F)cc1)NC1CC1c1c(F)cccc1F. The Hall–Kier alpha value is -2.11. The summed E-state index contributed by atoms with van der Waals surface area (Å²) in [4.78, 5) is 4.08. The van der Waals surface area contributed by atoms with Gasteiger partial charge in [0.2, 0.25) is 0 Å². The quantitative estimate of drug-likeness (QED) is 0.269. The summed E-state index contributed by atoms with van der Waals surface area (Å²) in [5.41, 5.74) is 6.43. The highest BCUT2D eigenvalue weighted by molar-refractivity contribution is 14.0. The van der Waals surface area contributed by atoms with E-state index in [4.69, 9.17) is 5.73 Å². The van der Waals surface area contributed by atoms with Crippen molar-refractivity contribution in [1.29, 1.82) is 0 Å². The Bertz CT molecular complexity index is 822. The molecular formula is C18H17F5IN3O. The van der Waals surface area contributed by atoms with Gasteiger partial charge in [0, 0.05) is 17.5 Å². The molecule has 0 spiro atoms. The highest BCUT2D eigenvalue weighted by atomic mass is 127. The Labute approximate surface area is 175 Å². The van der Waals surface area contributed by atoms with Gasteiger partial charge in [0.15, 0.2) is 5.96 Å². The van der Waals surface area contributed by atoms with Gasteiger partial charge >= 0.3 is 6.36 Å². The zero-order valence-corrected chi connectivity index (χ0v) is 16.7. The topological polar surface area (TPSA) is 59.6 Å². The molecule has 10 heteroatoms. The van der Waals surface area contributed by atoms with Crippen LogP contribution >= 0.6 is 24.0 Å². The van der Waals surface area contributed by atoms with Crippen LogP contribution in [0.25, 0.3) is 0 Å². The molecule has 0 amide bonds. The molecule has 2 atom stereocenters. The Balaban J connectivity index is 0.00000280. The summed E-state index contributed by atoms with van der Waals surface area (Å²) in [5, 5.41) is 2.89. The molecule has 3 N–H and O–H groups in total. The van der Waals surface area contributed by atoms with E-state index in [0.717, 1.165) is 0 Å². The van der Waals surface area contributed by atoms with Gasteiger partial charge in [-0.15, -0.1) is 37.1 Å². The zero-order valence-electron chi connectivity index (χ0n) is 14.3.